The maximum atomic E-state index is 14.0. The average molecular weight is 771 g/mol. The number of fused-ring (bicyclic) bond motifs is 6. The number of rotatable bonds is 8. The summed E-state index contributed by atoms with van der Waals surface area (Å²) in [4.78, 5) is 28.0. The van der Waals surface area contributed by atoms with Crippen LogP contribution in [-0.2, 0) is 0 Å². The van der Waals surface area contributed by atoms with Gasteiger partial charge < -0.3 is 0 Å². The van der Waals surface area contributed by atoms with Crippen molar-refractivity contribution in [1.29, 1.82) is 0 Å². The predicted octanol–water partition coefficient (Wildman–Crippen LogP) is 10.1. The van der Waals surface area contributed by atoms with Crippen LogP contribution in [0.2, 0.25) is 0 Å². The predicted molar refractivity (Wildman–Crippen MR) is 225 cm³/mol. The van der Waals surface area contributed by atoms with E-state index in [0.717, 1.165) is 90.8 Å². The number of thioether (sulfide) groups is 2. The maximum Gasteiger partial charge on any atom is 0.227 e. The second-order valence-corrected chi connectivity index (χ2v) is 16.2. The summed E-state index contributed by atoms with van der Waals surface area (Å²) in [5.74, 6) is 0. The van der Waals surface area contributed by atoms with Crippen LogP contribution >= 0.6 is 34.9 Å². The van der Waals surface area contributed by atoms with Gasteiger partial charge in [0.2, 0.25) is 10.2 Å². The molecule has 2 aliphatic rings. The summed E-state index contributed by atoms with van der Waals surface area (Å²) in [6.45, 7) is 0. The third kappa shape index (κ3) is 6.46. The van der Waals surface area contributed by atoms with Crippen molar-refractivity contribution in [1.82, 2.24) is 10.2 Å². The number of nitrogens with zero attached hydrogens (tertiary/aromatic N) is 6. The van der Waals surface area contributed by atoms with E-state index in [1.807, 2.05) is 170 Å². The molecule has 0 saturated carbocycles. The molecule has 55 heavy (non-hydrogen) atoms. The zero-order valence-electron chi connectivity index (χ0n) is 29.6. The van der Waals surface area contributed by atoms with Crippen molar-refractivity contribution >= 4 is 67.9 Å². The van der Waals surface area contributed by atoms with E-state index in [2.05, 4.69) is 10.2 Å². The zero-order chi connectivity index (χ0) is 37.5. The van der Waals surface area contributed by atoms with Gasteiger partial charge in [0, 0.05) is 58.6 Å². The van der Waals surface area contributed by atoms with Crippen molar-refractivity contribution in [3.05, 3.63) is 179 Å². The van der Waals surface area contributed by atoms with Crippen LogP contribution in [0.25, 0.3) is 22.3 Å². The van der Waals surface area contributed by atoms with Crippen LogP contribution in [0.5, 0.6) is 0 Å². The highest BCUT2D eigenvalue weighted by Crippen LogP contribution is 2.44. The molecule has 7 aromatic rings. The summed E-state index contributed by atoms with van der Waals surface area (Å²) in [5.41, 5.74) is 12.0. The third-order valence-corrected chi connectivity index (χ3v) is 12.3. The van der Waals surface area contributed by atoms with Crippen LogP contribution in [-0.4, -0.2) is 45.9 Å². The monoisotopic (exact) mass is 770 g/mol. The minimum absolute atomic E-state index is 0.159. The summed E-state index contributed by atoms with van der Waals surface area (Å²) in [5, 5.41) is 22.0. The van der Waals surface area contributed by atoms with E-state index in [1.54, 1.807) is 0 Å². The lowest BCUT2D eigenvalue weighted by Crippen LogP contribution is -2.13. The second kappa shape index (κ2) is 14.6. The van der Waals surface area contributed by atoms with Gasteiger partial charge in [0.25, 0.3) is 0 Å². The number of anilines is 2. The molecular weight excluding hydrogens is 741 g/mol. The SMILES string of the molecule is CN(N=C1c2ccccc2-c2c(C(=O)Sc3nnc(SC(=O)c4cccc5c4-c4ccccc4C5=NN(C)c4ccccc4)s3)cccc21)c1ccccc1. The molecule has 0 radical (unpaired) electrons. The highest BCUT2D eigenvalue weighted by Gasteiger charge is 2.32. The largest absolute Gasteiger partial charge is 0.281 e. The van der Waals surface area contributed by atoms with Gasteiger partial charge in [0.15, 0.2) is 8.68 Å². The number of carbonyl (C=O) groups excluding carboxylic acids is 2. The Morgan fingerprint density at radius 1 is 0.473 bits per heavy atom. The molecule has 0 aliphatic heterocycles. The molecule has 0 saturated heterocycles. The highest BCUT2D eigenvalue weighted by atomic mass is 32.2. The van der Waals surface area contributed by atoms with E-state index in [9.17, 15) is 9.59 Å². The van der Waals surface area contributed by atoms with Gasteiger partial charge in [-0.3, -0.25) is 19.6 Å². The Bertz CT molecular complexity index is 2510. The molecule has 0 fully saturated rings. The Labute approximate surface area is 330 Å². The first kappa shape index (κ1) is 34.6. The standard InChI is InChI=1S/C44H30N6O2S3/c1-49(27-15-5-3-6-16-27)47-39-31-21-11-9-19-29(31)37-33(39)23-13-25-35(37)41(51)53-43-45-46-44(55-43)54-42(52)36-26-14-24-34-38(36)30-20-10-12-22-32(30)40(34)48-50(2)28-17-7-4-8-18-28/h3-26H,1-2H3. The lowest BCUT2D eigenvalue weighted by atomic mass is 10.0. The Morgan fingerprint density at radius 2 is 0.836 bits per heavy atom. The number of benzene rings is 6. The lowest BCUT2D eigenvalue weighted by Gasteiger charge is -2.15. The number of hydrogen-bond acceptors (Lipinski definition) is 11. The summed E-state index contributed by atoms with van der Waals surface area (Å²) in [6, 6.07) is 47.5. The van der Waals surface area contributed by atoms with Crippen LogP contribution < -0.4 is 10.0 Å². The molecule has 0 amide bonds. The van der Waals surface area contributed by atoms with Crippen LogP contribution in [0.15, 0.2) is 164 Å². The summed E-state index contributed by atoms with van der Waals surface area (Å²) < 4.78 is 0.924. The molecule has 9 rings (SSSR count). The van der Waals surface area contributed by atoms with Gasteiger partial charge in [0.1, 0.15) is 0 Å². The third-order valence-electron chi connectivity index (χ3n) is 9.49. The van der Waals surface area contributed by atoms with Crippen LogP contribution in [0.3, 0.4) is 0 Å². The molecule has 1 aromatic heterocycles. The minimum Gasteiger partial charge on any atom is -0.281 e. The molecule has 6 aromatic carbocycles. The number of hydrazone groups is 2. The quantitative estimate of drug-likeness (QED) is 0.111. The first-order valence-electron chi connectivity index (χ1n) is 17.4. The minimum atomic E-state index is -0.159. The topological polar surface area (TPSA) is 91.1 Å². The Kier molecular flexibility index (Phi) is 9.19. The molecule has 0 spiro atoms. The summed E-state index contributed by atoms with van der Waals surface area (Å²) >= 11 is 3.27. The van der Waals surface area contributed by atoms with Gasteiger partial charge in [-0.15, -0.1) is 10.2 Å². The number of carbonyl (C=O) groups is 2. The molecule has 8 nitrogen and oxygen atoms in total. The highest BCUT2D eigenvalue weighted by molar-refractivity contribution is 8.17. The van der Waals surface area contributed by atoms with Gasteiger partial charge in [-0.1, -0.05) is 121 Å². The van der Waals surface area contributed by atoms with Crippen molar-refractivity contribution in [2.45, 2.75) is 8.68 Å². The normalized spacial score (nSPS) is 13.6. The van der Waals surface area contributed by atoms with E-state index in [1.165, 1.54) is 11.3 Å². The van der Waals surface area contributed by atoms with Gasteiger partial charge in [-0.05, 0) is 71.0 Å². The van der Waals surface area contributed by atoms with E-state index >= 15 is 0 Å². The van der Waals surface area contributed by atoms with Crippen molar-refractivity contribution in [2.75, 3.05) is 24.1 Å². The lowest BCUT2D eigenvalue weighted by molar-refractivity contribution is 0.108. The molecule has 0 unspecified atom stereocenters. The van der Waals surface area contributed by atoms with E-state index in [4.69, 9.17) is 10.2 Å². The van der Waals surface area contributed by atoms with Gasteiger partial charge >= 0.3 is 0 Å². The van der Waals surface area contributed by atoms with Gasteiger partial charge in [0.05, 0.1) is 22.8 Å². The molecule has 0 atom stereocenters. The molecule has 0 bridgehead atoms. The van der Waals surface area contributed by atoms with Crippen LogP contribution in [0, 0.1) is 0 Å². The van der Waals surface area contributed by atoms with Gasteiger partial charge in [-0.2, -0.15) is 10.2 Å². The van der Waals surface area contributed by atoms with Crippen molar-refractivity contribution in [3.8, 4) is 22.3 Å². The number of aromatic nitrogens is 2. The van der Waals surface area contributed by atoms with Crippen molar-refractivity contribution in [3.63, 3.8) is 0 Å². The first-order chi connectivity index (χ1) is 26.9. The second-order valence-electron chi connectivity index (χ2n) is 12.8. The smallest absolute Gasteiger partial charge is 0.227 e. The fourth-order valence-corrected chi connectivity index (χ4v) is 9.76. The van der Waals surface area contributed by atoms with Crippen LogP contribution in [0.4, 0.5) is 11.4 Å². The Hall–Kier alpha value is -6.14. The molecule has 0 N–H and O–H groups in total. The first-order valence-corrected chi connectivity index (χ1v) is 19.9. The molecule has 1 heterocycles. The van der Waals surface area contributed by atoms with E-state index in [0.29, 0.717) is 19.8 Å². The van der Waals surface area contributed by atoms with Crippen molar-refractivity contribution < 1.29 is 9.59 Å². The molecule has 2 aliphatic carbocycles. The molecule has 266 valence electrons. The van der Waals surface area contributed by atoms with E-state index in [-0.39, 0.29) is 10.2 Å². The number of para-hydroxylation sites is 2. The Balaban J connectivity index is 0.971. The zero-order valence-corrected chi connectivity index (χ0v) is 32.0. The average Bonchev–Trinajstić information content (AvgIpc) is 3.90. The van der Waals surface area contributed by atoms with E-state index < -0.39 is 0 Å². The van der Waals surface area contributed by atoms with Gasteiger partial charge in [-0.25, -0.2) is 0 Å². The molecule has 11 heteroatoms. The fourth-order valence-electron chi connectivity index (χ4n) is 6.99. The molecular formula is C44H30N6O2S3. The van der Waals surface area contributed by atoms with Crippen molar-refractivity contribution in [2.24, 2.45) is 10.2 Å². The number of hydrogen-bond donors (Lipinski definition) is 0. The summed E-state index contributed by atoms with van der Waals surface area (Å²) in [6.07, 6.45) is 0. The summed E-state index contributed by atoms with van der Waals surface area (Å²) in [7, 11) is 3.84. The Morgan fingerprint density at radius 3 is 1.25 bits per heavy atom. The van der Waals surface area contributed by atoms with Crippen LogP contribution in [0.1, 0.15) is 43.0 Å². The maximum absolute atomic E-state index is 14.0. The fraction of sp³-hybridized carbons (Fsp3) is 0.0455.